The van der Waals surface area contributed by atoms with Gasteiger partial charge in [0.25, 0.3) is 0 Å². The molecular formula is C18H25Cl2N5O. The molecule has 142 valence electrons. The summed E-state index contributed by atoms with van der Waals surface area (Å²) in [5, 5.41) is 11.8. The lowest BCUT2D eigenvalue weighted by atomic mass is 10.1. The minimum absolute atomic E-state index is 0.0199. The summed E-state index contributed by atoms with van der Waals surface area (Å²) in [5.74, 6) is 2.27. The first kappa shape index (κ1) is 20.5. The number of hydrogen-bond donors (Lipinski definition) is 2. The van der Waals surface area contributed by atoms with Crippen LogP contribution in [0.5, 0.6) is 0 Å². The van der Waals surface area contributed by atoms with Crippen LogP contribution in [0.15, 0.2) is 27.7 Å². The minimum Gasteiger partial charge on any atom is -0.357 e. The molecule has 0 aliphatic rings. The van der Waals surface area contributed by atoms with E-state index in [-0.39, 0.29) is 12.0 Å². The third-order valence-corrected chi connectivity index (χ3v) is 4.28. The average Bonchev–Trinajstić information content (AvgIpc) is 3.04. The highest BCUT2D eigenvalue weighted by Crippen LogP contribution is 2.26. The number of rotatable bonds is 7. The van der Waals surface area contributed by atoms with Crippen molar-refractivity contribution in [1.29, 1.82) is 0 Å². The Morgan fingerprint density at radius 3 is 2.65 bits per heavy atom. The predicted molar refractivity (Wildman–Crippen MR) is 106 cm³/mol. The van der Waals surface area contributed by atoms with Crippen molar-refractivity contribution in [2.45, 2.75) is 46.1 Å². The van der Waals surface area contributed by atoms with Crippen molar-refractivity contribution in [2.24, 2.45) is 4.99 Å². The van der Waals surface area contributed by atoms with Crippen LogP contribution in [0, 0.1) is 0 Å². The molecule has 6 nitrogen and oxygen atoms in total. The first-order valence-electron chi connectivity index (χ1n) is 8.73. The molecule has 26 heavy (non-hydrogen) atoms. The number of halogens is 2. The van der Waals surface area contributed by atoms with E-state index in [9.17, 15) is 0 Å². The molecule has 1 aromatic carbocycles. The summed E-state index contributed by atoms with van der Waals surface area (Å²) in [6.07, 6.45) is 0.590. The molecule has 1 heterocycles. The fraction of sp³-hybridized carbons (Fsp3) is 0.500. The van der Waals surface area contributed by atoms with Crippen LogP contribution in [-0.2, 0) is 6.42 Å². The standard InChI is InChI=1S/C18H25Cl2N5O/c1-5-21-18(22-9-8-16-24-17(11(2)3)25-26-16)23-12(4)14-7-6-13(19)10-15(14)20/h6-7,10-12H,5,8-9H2,1-4H3,(H2,21,22,23). The smallest absolute Gasteiger partial charge is 0.228 e. The molecular weight excluding hydrogens is 373 g/mol. The first-order valence-corrected chi connectivity index (χ1v) is 9.48. The third kappa shape index (κ3) is 5.88. The summed E-state index contributed by atoms with van der Waals surface area (Å²) < 4.78 is 5.24. The van der Waals surface area contributed by atoms with Crippen molar-refractivity contribution in [3.63, 3.8) is 0 Å². The molecule has 1 aromatic heterocycles. The predicted octanol–water partition coefficient (Wildman–Crippen LogP) is 4.36. The van der Waals surface area contributed by atoms with Gasteiger partial charge in [-0.15, -0.1) is 0 Å². The van der Waals surface area contributed by atoms with E-state index >= 15 is 0 Å². The maximum Gasteiger partial charge on any atom is 0.228 e. The maximum atomic E-state index is 6.28. The first-order chi connectivity index (χ1) is 12.4. The third-order valence-electron chi connectivity index (χ3n) is 3.72. The second-order valence-electron chi connectivity index (χ2n) is 6.24. The van der Waals surface area contributed by atoms with Gasteiger partial charge in [-0.25, -0.2) is 0 Å². The Balaban J connectivity index is 1.98. The van der Waals surface area contributed by atoms with Crippen LogP contribution in [0.2, 0.25) is 10.0 Å². The van der Waals surface area contributed by atoms with Crippen LogP contribution in [0.3, 0.4) is 0 Å². The monoisotopic (exact) mass is 397 g/mol. The van der Waals surface area contributed by atoms with Gasteiger partial charge < -0.3 is 15.2 Å². The largest absolute Gasteiger partial charge is 0.357 e. The molecule has 1 atom stereocenters. The molecule has 0 amide bonds. The van der Waals surface area contributed by atoms with E-state index in [1.54, 1.807) is 6.07 Å². The number of aromatic nitrogens is 2. The number of nitrogens with one attached hydrogen (secondary N) is 2. The summed E-state index contributed by atoms with van der Waals surface area (Å²) >= 11 is 12.2. The highest BCUT2D eigenvalue weighted by atomic mass is 35.5. The zero-order valence-electron chi connectivity index (χ0n) is 15.5. The van der Waals surface area contributed by atoms with Gasteiger partial charge in [-0.1, -0.05) is 48.3 Å². The van der Waals surface area contributed by atoms with E-state index in [1.165, 1.54) is 0 Å². The van der Waals surface area contributed by atoms with Crippen molar-refractivity contribution in [2.75, 3.05) is 13.1 Å². The Bertz CT molecular complexity index is 745. The molecule has 8 heteroatoms. The van der Waals surface area contributed by atoms with Crippen LogP contribution in [0.1, 0.15) is 56.9 Å². The Hall–Kier alpha value is -1.79. The van der Waals surface area contributed by atoms with Crippen LogP contribution in [-0.4, -0.2) is 29.2 Å². The molecule has 1 unspecified atom stereocenters. The molecule has 0 spiro atoms. The van der Waals surface area contributed by atoms with Gasteiger partial charge in [-0.2, -0.15) is 4.98 Å². The summed E-state index contributed by atoms with van der Waals surface area (Å²) in [4.78, 5) is 8.94. The lowest BCUT2D eigenvalue weighted by Gasteiger charge is -2.19. The molecule has 0 saturated heterocycles. The second kappa shape index (κ2) is 9.78. The zero-order chi connectivity index (χ0) is 19.1. The van der Waals surface area contributed by atoms with Crippen LogP contribution >= 0.6 is 23.2 Å². The van der Waals surface area contributed by atoms with Gasteiger partial charge in [-0.3, -0.25) is 4.99 Å². The number of aliphatic imine (C=N–C) groups is 1. The highest BCUT2D eigenvalue weighted by Gasteiger charge is 2.12. The fourth-order valence-electron chi connectivity index (χ4n) is 2.32. The Kier molecular flexibility index (Phi) is 7.72. The normalized spacial score (nSPS) is 13.1. The molecule has 2 N–H and O–H groups in total. The lowest BCUT2D eigenvalue weighted by molar-refractivity contribution is 0.372. The molecule has 2 aromatic rings. The molecule has 0 saturated carbocycles. The van der Waals surface area contributed by atoms with Crippen LogP contribution in [0.4, 0.5) is 0 Å². The molecule has 0 aliphatic carbocycles. The van der Waals surface area contributed by atoms with E-state index in [4.69, 9.17) is 27.7 Å². The van der Waals surface area contributed by atoms with E-state index in [0.29, 0.717) is 34.9 Å². The van der Waals surface area contributed by atoms with Crippen molar-refractivity contribution >= 4 is 29.2 Å². The van der Waals surface area contributed by atoms with E-state index in [2.05, 4.69) is 25.8 Å². The number of benzene rings is 1. The molecule has 0 bridgehead atoms. The van der Waals surface area contributed by atoms with Crippen molar-refractivity contribution in [3.8, 4) is 0 Å². The fourth-order valence-corrected chi connectivity index (χ4v) is 2.90. The van der Waals surface area contributed by atoms with Gasteiger partial charge in [0.05, 0.1) is 12.6 Å². The van der Waals surface area contributed by atoms with Gasteiger partial charge in [0.2, 0.25) is 5.89 Å². The molecule has 0 radical (unpaired) electrons. The van der Waals surface area contributed by atoms with E-state index < -0.39 is 0 Å². The number of nitrogens with zero attached hydrogens (tertiary/aromatic N) is 3. The van der Waals surface area contributed by atoms with Crippen LogP contribution < -0.4 is 10.6 Å². The van der Waals surface area contributed by atoms with Crippen molar-refractivity contribution in [3.05, 3.63) is 45.5 Å². The van der Waals surface area contributed by atoms with E-state index in [1.807, 2.05) is 39.8 Å². The number of hydrogen-bond acceptors (Lipinski definition) is 4. The van der Waals surface area contributed by atoms with E-state index in [0.717, 1.165) is 17.9 Å². The molecule has 0 aliphatic heterocycles. The quantitative estimate of drug-likeness (QED) is 0.536. The number of guanidine groups is 1. The van der Waals surface area contributed by atoms with Gasteiger partial charge in [0.1, 0.15) is 0 Å². The van der Waals surface area contributed by atoms with Crippen molar-refractivity contribution in [1.82, 2.24) is 20.8 Å². The highest BCUT2D eigenvalue weighted by molar-refractivity contribution is 6.35. The molecule has 0 fully saturated rings. The summed E-state index contributed by atoms with van der Waals surface area (Å²) in [5.41, 5.74) is 0.958. The minimum atomic E-state index is -0.0199. The summed E-state index contributed by atoms with van der Waals surface area (Å²) in [6.45, 7) is 9.40. The van der Waals surface area contributed by atoms with Gasteiger partial charge in [0.15, 0.2) is 11.8 Å². The Labute approximate surface area is 164 Å². The second-order valence-corrected chi connectivity index (χ2v) is 7.09. The summed E-state index contributed by atoms with van der Waals surface area (Å²) in [6, 6.07) is 5.46. The Morgan fingerprint density at radius 1 is 1.27 bits per heavy atom. The SMILES string of the molecule is CCNC(=NCCc1nc(C(C)C)no1)NC(C)c1ccc(Cl)cc1Cl. The lowest BCUT2D eigenvalue weighted by Crippen LogP contribution is -2.39. The summed E-state index contributed by atoms with van der Waals surface area (Å²) in [7, 11) is 0. The van der Waals surface area contributed by atoms with Crippen LogP contribution in [0.25, 0.3) is 0 Å². The van der Waals surface area contributed by atoms with Crippen molar-refractivity contribution < 1.29 is 4.52 Å². The average molecular weight is 398 g/mol. The zero-order valence-corrected chi connectivity index (χ0v) is 17.0. The topological polar surface area (TPSA) is 75.3 Å². The maximum absolute atomic E-state index is 6.28. The Morgan fingerprint density at radius 2 is 2.04 bits per heavy atom. The van der Waals surface area contributed by atoms with Gasteiger partial charge in [-0.05, 0) is 31.5 Å². The van der Waals surface area contributed by atoms with Gasteiger partial charge >= 0.3 is 0 Å². The molecule has 2 rings (SSSR count). The van der Waals surface area contributed by atoms with Gasteiger partial charge in [0, 0.05) is 28.9 Å².